The van der Waals surface area contributed by atoms with Gasteiger partial charge in [-0.1, -0.05) is 28.9 Å². The number of amides is 1. The summed E-state index contributed by atoms with van der Waals surface area (Å²) in [6, 6.07) is 7.62. The molecule has 2 heterocycles. The summed E-state index contributed by atoms with van der Waals surface area (Å²) >= 11 is 5.99. The number of piperidine rings is 1. The Morgan fingerprint density at radius 1 is 1.42 bits per heavy atom. The standard InChI is InChI=1S/C16H20ClN5O.ClH/c1-11(12-3-2-4-13(17)9-12)19-16(23)15-10-22(21-20-15)14-5-7-18-8-6-14;/h2-4,9-11,14,18H,5-8H2,1H3,(H,19,23);1H. The van der Waals surface area contributed by atoms with Crippen molar-refractivity contribution in [2.24, 2.45) is 0 Å². The van der Waals surface area contributed by atoms with E-state index < -0.39 is 0 Å². The van der Waals surface area contributed by atoms with E-state index in [1.165, 1.54) is 0 Å². The van der Waals surface area contributed by atoms with E-state index in [0.717, 1.165) is 31.5 Å². The van der Waals surface area contributed by atoms with Crippen molar-refractivity contribution in [3.05, 3.63) is 46.7 Å². The zero-order valence-corrected chi connectivity index (χ0v) is 15.0. The highest BCUT2D eigenvalue weighted by molar-refractivity contribution is 6.30. The van der Waals surface area contributed by atoms with Gasteiger partial charge in [-0.15, -0.1) is 17.5 Å². The third-order valence-corrected chi connectivity index (χ3v) is 4.36. The van der Waals surface area contributed by atoms with Crippen LogP contribution in [0.25, 0.3) is 0 Å². The van der Waals surface area contributed by atoms with Gasteiger partial charge in [0.2, 0.25) is 0 Å². The van der Waals surface area contributed by atoms with E-state index in [1.54, 1.807) is 10.9 Å². The molecule has 1 amide bonds. The number of hydrogen-bond donors (Lipinski definition) is 2. The molecule has 1 aromatic heterocycles. The maximum atomic E-state index is 12.3. The Kier molecular flexibility index (Phi) is 6.60. The van der Waals surface area contributed by atoms with Gasteiger partial charge in [0.05, 0.1) is 18.3 Å². The minimum absolute atomic E-state index is 0. The largest absolute Gasteiger partial charge is 0.344 e. The highest BCUT2D eigenvalue weighted by Gasteiger charge is 2.19. The summed E-state index contributed by atoms with van der Waals surface area (Å²) in [5.74, 6) is -0.224. The van der Waals surface area contributed by atoms with Gasteiger partial charge in [-0.3, -0.25) is 4.79 Å². The topological polar surface area (TPSA) is 71.8 Å². The maximum Gasteiger partial charge on any atom is 0.273 e. The molecule has 130 valence electrons. The molecular weight excluding hydrogens is 349 g/mol. The SMILES string of the molecule is CC(NC(=O)c1cn(C2CCNCC2)nn1)c1cccc(Cl)c1.Cl. The molecule has 2 N–H and O–H groups in total. The lowest BCUT2D eigenvalue weighted by Crippen LogP contribution is -2.29. The van der Waals surface area contributed by atoms with Crippen LogP contribution in [0, 0.1) is 0 Å². The summed E-state index contributed by atoms with van der Waals surface area (Å²) in [5.41, 5.74) is 1.30. The van der Waals surface area contributed by atoms with Crippen molar-refractivity contribution in [2.75, 3.05) is 13.1 Å². The average Bonchev–Trinajstić information content (AvgIpc) is 3.06. The van der Waals surface area contributed by atoms with Gasteiger partial charge >= 0.3 is 0 Å². The lowest BCUT2D eigenvalue weighted by atomic mass is 10.1. The number of carbonyl (C=O) groups is 1. The van der Waals surface area contributed by atoms with Gasteiger partial charge in [-0.2, -0.15) is 0 Å². The normalized spacial score (nSPS) is 16.2. The van der Waals surface area contributed by atoms with Gasteiger partial charge in [-0.05, 0) is 50.6 Å². The maximum absolute atomic E-state index is 12.3. The molecule has 1 unspecified atom stereocenters. The van der Waals surface area contributed by atoms with Gasteiger partial charge in [0.1, 0.15) is 0 Å². The van der Waals surface area contributed by atoms with Crippen molar-refractivity contribution in [1.29, 1.82) is 0 Å². The van der Waals surface area contributed by atoms with Crippen molar-refractivity contribution in [3.63, 3.8) is 0 Å². The third kappa shape index (κ3) is 4.47. The highest BCUT2D eigenvalue weighted by Crippen LogP contribution is 2.19. The number of carbonyl (C=O) groups excluding carboxylic acids is 1. The first-order valence-electron chi connectivity index (χ1n) is 7.82. The molecule has 0 radical (unpaired) electrons. The smallest absolute Gasteiger partial charge is 0.273 e. The predicted molar refractivity (Wildman–Crippen MR) is 95.7 cm³/mol. The van der Waals surface area contributed by atoms with Crippen molar-refractivity contribution in [2.45, 2.75) is 31.8 Å². The Hall–Kier alpha value is -1.63. The zero-order chi connectivity index (χ0) is 16.2. The number of aromatic nitrogens is 3. The molecule has 8 heteroatoms. The summed E-state index contributed by atoms with van der Waals surface area (Å²) in [6.45, 7) is 3.86. The van der Waals surface area contributed by atoms with Crippen LogP contribution in [0.3, 0.4) is 0 Å². The van der Waals surface area contributed by atoms with E-state index in [2.05, 4.69) is 20.9 Å². The van der Waals surface area contributed by atoms with Crippen molar-refractivity contribution < 1.29 is 4.79 Å². The second kappa shape index (κ2) is 8.46. The lowest BCUT2D eigenvalue weighted by Gasteiger charge is -2.22. The average molecular weight is 370 g/mol. The second-order valence-corrected chi connectivity index (χ2v) is 6.25. The first-order chi connectivity index (χ1) is 11.1. The molecule has 1 aliphatic heterocycles. The Bertz CT molecular complexity index is 685. The number of nitrogens with zero attached hydrogens (tertiary/aromatic N) is 3. The fraction of sp³-hybridized carbons (Fsp3) is 0.438. The number of hydrogen-bond acceptors (Lipinski definition) is 4. The summed E-state index contributed by atoms with van der Waals surface area (Å²) < 4.78 is 1.81. The van der Waals surface area contributed by atoms with Gasteiger partial charge in [-0.25, -0.2) is 4.68 Å². The Labute approximate surface area is 152 Å². The van der Waals surface area contributed by atoms with Crippen LogP contribution in [0.1, 0.15) is 47.9 Å². The molecule has 1 aliphatic rings. The number of benzene rings is 1. The molecule has 24 heavy (non-hydrogen) atoms. The molecule has 6 nitrogen and oxygen atoms in total. The molecule has 2 aromatic rings. The fourth-order valence-corrected chi connectivity index (χ4v) is 2.96. The van der Waals surface area contributed by atoms with E-state index in [-0.39, 0.29) is 24.4 Å². The Morgan fingerprint density at radius 2 is 2.17 bits per heavy atom. The number of halogens is 2. The van der Waals surface area contributed by atoms with Crippen LogP contribution in [0.15, 0.2) is 30.5 Å². The minimum Gasteiger partial charge on any atom is -0.344 e. The molecule has 1 fully saturated rings. The zero-order valence-electron chi connectivity index (χ0n) is 13.4. The highest BCUT2D eigenvalue weighted by atomic mass is 35.5. The molecule has 1 aromatic carbocycles. The quantitative estimate of drug-likeness (QED) is 0.868. The monoisotopic (exact) mass is 369 g/mol. The van der Waals surface area contributed by atoms with Crippen LogP contribution >= 0.6 is 24.0 Å². The molecule has 1 atom stereocenters. The molecule has 0 bridgehead atoms. The van der Waals surface area contributed by atoms with E-state index in [0.29, 0.717) is 16.8 Å². The molecule has 3 rings (SSSR count). The molecule has 0 saturated carbocycles. The first-order valence-corrected chi connectivity index (χ1v) is 8.20. The van der Waals surface area contributed by atoms with Crippen LogP contribution in [-0.4, -0.2) is 34.0 Å². The van der Waals surface area contributed by atoms with E-state index in [4.69, 9.17) is 11.6 Å². The first kappa shape index (κ1) is 18.7. The van der Waals surface area contributed by atoms with Crippen molar-refractivity contribution >= 4 is 29.9 Å². The van der Waals surface area contributed by atoms with E-state index in [1.807, 2.05) is 31.2 Å². The second-order valence-electron chi connectivity index (χ2n) is 5.82. The number of rotatable bonds is 4. The van der Waals surface area contributed by atoms with E-state index >= 15 is 0 Å². The van der Waals surface area contributed by atoms with Gasteiger partial charge in [0.15, 0.2) is 5.69 Å². The Balaban J connectivity index is 0.00000208. The predicted octanol–water partition coefficient (Wildman–Crippen LogP) is 2.77. The van der Waals surface area contributed by atoms with Crippen LogP contribution < -0.4 is 10.6 Å². The summed E-state index contributed by atoms with van der Waals surface area (Å²) in [4.78, 5) is 12.3. The number of nitrogens with one attached hydrogen (secondary N) is 2. The molecular formula is C16H21Cl2N5O. The third-order valence-electron chi connectivity index (χ3n) is 4.12. The van der Waals surface area contributed by atoms with Gasteiger partial charge in [0, 0.05) is 5.02 Å². The van der Waals surface area contributed by atoms with E-state index in [9.17, 15) is 4.79 Å². The summed E-state index contributed by atoms with van der Waals surface area (Å²) in [7, 11) is 0. The van der Waals surface area contributed by atoms with Gasteiger partial charge < -0.3 is 10.6 Å². The molecule has 0 aliphatic carbocycles. The van der Waals surface area contributed by atoms with Gasteiger partial charge in [0.25, 0.3) is 5.91 Å². The van der Waals surface area contributed by atoms with Crippen molar-refractivity contribution in [1.82, 2.24) is 25.6 Å². The van der Waals surface area contributed by atoms with Crippen LogP contribution in [-0.2, 0) is 0 Å². The van der Waals surface area contributed by atoms with Crippen molar-refractivity contribution in [3.8, 4) is 0 Å². The Morgan fingerprint density at radius 3 is 2.88 bits per heavy atom. The van der Waals surface area contributed by atoms with Crippen LogP contribution in [0.4, 0.5) is 0 Å². The lowest BCUT2D eigenvalue weighted by molar-refractivity contribution is 0.0934. The van der Waals surface area contributed by atoms with Crippen LogP contribution in [0.5, 0.6) is 0 Å². The fourth-order valence-electron chi connectivity index (χ4n) is 2.76. The minimum atomic E-state index is -0.224. The summed E-state index contributed by atoms with van der Waals surface area (Å²) in [5, 5.41) is 15.0. The molecule has 1 saturated heterocycles. The molecule has 0 spiro atoms. The van der Waals surface area contributed by atoms with Crippen LogP contribution in [0.2, 0.25) is 5.02 Å². The summed E-state index contributed by atoms with van der Waals surface area (Å²) in [6.07, 6.45) is 3.74.